The molecule has 0 amide bonds. The van der Waals surface area contributed by atoms with Crippen LogP contribution in [0.3, 0.4) is 0 Å². The second-order valence-corrected chi connectivity index (χ2v) is 4.90. The van der Waals surface area contributed by atoms with Gasteiger partial charge in [0, 0.05) is 12.8 Å². The van der Waals surface area contributed by atoms with Gasteiger partial charge in [0.15, 0.2) is 11.5 Å². The first-order valence-electron chi connectivity index (χ1n) is 6.44. The lowest BCUT2D eigenvalue weighted by Crippen LogP contribution is -2.33. The predicted molar refractivity (Wildman–Crippen MR) is 66.0 cm³/mol. The van der Waals surface area contributed by atoms with Crippen LogP contribution < -0.4 is 9.47 Å². The topological polar surface area (TPSA) is 47.9 Å². The summed E-state index contributed by atoms with van der Waals surface area (Å²) in [6, 6.07) is 5.66. The Morgan fingerprint density at radius 1 is 1.17 bits per heavy atom. The molecule has 1 aromatic rings. The van der Waals surface area contributed by atoms with Crippen molar-refractivity contribution in [3.63, 3.8) is 0 Å². The molecule has 0 spiro atoms. The van der Waals surface area contributed by atoms with E-state index in [-0.39, 0.29) is 6.10 Å². The molecule has 18 heavy (non-hydrogen) atoms. The maximum absolute atomic E-state index is 10.7. The molecule has 2 unspecified atom stereocenters. The van der Waals surface area contributed by atoms with Gasteiger partial charge in [0.2, 0.25) is 0 Å². The van der Waals surface area contributed by atoms with Crippen LogP contribution in [0.25, 0.3) is 0 Å². The maximum atomic E-state index is 10.7. The largest absolute Gasteiger partial charge is 0.490 e. The summed E-state index contributed by atoms with van der Waals surface area (Å²) in [4.78, 5) is 0. The van der Waals surface area contributed by atoms with Crippen LogP contribution in [0.15, 0.2) is 18.2 Å². The minimum atomic E-state index is -0.912. The molecule has 2 atom stereocenters. The summed E-state index contributed by atoms with van der Waals surface area (Å²) in [7, 11) is 0. The van der Waals surface area contributed by atoms with Gasteiger partial charge in [-0.25, -0.2) is 0 Å². The highest BCUT2D eigenvalue weighted by atomic mass is 16.5. The van der Waals surface area contributed by atoms with Gasteiger partial charge in [-0.05, 0) is 24.6 Å². The average Bonchev–Trinajstić information content (AvgIpc) is 2.61. The van der Waals surface area contributed by atoms with E-state index < -0.39 is 5.60 Å². The first-order chi connectivity index (χ1) is 8.70. The average molecular weight is 250 g/mol. The van der Waals surface area contributed by atoms with Gasteiger partial charge in [0.05, 0.1) is 25.9 Å². The summed E-state index contributed by atoms with van der Waals surface area (Å²) >= 11 is 0. The molecule has 4 heteroatoms. The van der Waals surface area contributed by atoms with Gasteiger partial charge >= 0.3 is 0 Å². The molecule has 0 radical (unpaired) electrons. The summed E-state index contributed by atoms with van der Waals surface area (Å²) in [5.74, 6) is 1.48. The van der Waals surface area contributed by atoms with Crippen molar-refractivity contribution in [3.8, 4) is 11.5 Å². The van der Waals surface area contributed by atoms with Crippen molar-refractivity contribution >= 4 is 0 Å². The van der Waals surface area contributed by atoms with Crippen molar-refractivity contribution in [2.24, 2.45) is 0 Å². The molecular formula is C14H18O4. The molecule has 0 aliphatic carbocycles. The molecule has 2 heterocycles. The van der Waals surface area contributed by atoms with E-state index in [0.717, 1.165) is 23.5 Å². The van der Waals surface area contributed by atoms with E-state index in [0.29, 0.717) is 26.2 Å². The zero-order valence-corrected chi connectivity index (χ0v) is 10.5. The zero-order chi connectivity index (χ0) is 12.6. The van der Waals surface area contributed by atoms with E-state index in [1.54, 1.807) is 0 Å². The lowest BCUT2D eigenvalue weighted by Gasteiger charge is -2.27. The van der Waals surface area contributed by atoms with Crippen LogP contribution in [-0.2, 0) is 10.3 Å². The van der Waals surface area contributed by atoms with Gasteiger partial charge in [0.1, 0.15) is 5.60 Å². The van der Waals surface area contributed by atoms with Crippen molar-refractivity contribution in [3.05, 3.63) is 23.8 Å². The molecule has 98 valence electrons. The lowest BCUT2D eigenvalue weighted by molar-refractivity contribution is -0.0318. The molecule has 0 aromatic heterocycles. The van der Waals surface area contributed by atoms with Gasteiger partial charge in [0.25, 0.3) is 0 Å². The smallest absolute Gasteiger partial charge is 0.161 e. The number of rotatable bonds is 1. The molecule has 2 aliphatic rings. The fraction of sp³-hybridized carbons (Fsp3) is 0.571. The highest BCUT2D eigenvalue weighted by Crippen LogP contribution is 2.40. The monoisotopic (exact) mass is 250 g/mol. The molecule has 1 saturated heterocycles. The van der Waals surface area contributed by atoms with Crippen LogP contribution in [-0.4, -0.2) is 31.0 Å². The fourth-order valence-corrected chi connectivity index (χ4v) is 2.54. The summed E-state index contributed by atoms with van der Waals surface area (Å²) in [5, 5.41) is 10.7. The highest BCUT2D eigenvalue weighted by molar-refractivity contribution is 5.45. The van der Waals surface area contributed by atoms with Crippen LogP contribution in [0.4, 0.5) is 0 Å². The van der Waals surface area contributed by atoms with Crippen LogP contribution >= 0.6 is 0 Å². The SMILES string of the molecule is CC1OCCC1(O)c1ccc2c(c1)OCCCO2. The van der Waals surface area contributed by atoms with E-state index in [2.05, 4.69) is 0 Å². The quantitative estimate of drug-likeness (QED) is 0.826. The van der Waals surface area contributed by atoms with E-state index in [9.17, 15) is 5.11 Å². The van der Waals surface area contributed by atoms with E-state index in [4.69, 9.17) is 14.2 Å². The first kappa shape index (κ1) is 11.8. The molecule has 0 bridgehead atoms. The third-order valence-corrected chi connectivity index (χ3v) is 3.77. The van der Waals surface area contributed by atoms with Gasteiger partial charge < -0.3 is 19.3 Å². The minimum absolute atomic E-state index is 0.192. The van der Waals surface area contributed by atoms with Gasteiger partial charge in [-0.15, -0.1) is 0 Å². The molecule has 0 saturated carbocycles. The van der Waals surface area contributed by atoms with E-state index in [1.165, 1.54) is 0 Å². The molecule has 1 fully saturated rings. The second-order valence-electron chi connectivity index (χ2n) is 4.90. The standard InChI is InChI=1S/C14H18O4/c1-10-14(15,5-8-16-10)11-3-4-12-13(9-11)18-7-2-6-17-12/h3-4,9-10,15H,2,5-8H2,1H3. The molecule has 1 N–H and O–H groups in total. The Morgan fingerprint density at radius 3 is 2.67 bits per heavy atom. The molecule has 4 nitrogen and oxygen atoms in total. The molecule has 2 aliphatic heterocycles. The van der Waals surface area contributed by atoms with Crippen LogP contribution in [0.2, 0.25) is 0 Å². The van der Waals surface area contributed by atoms with Crippen LogP contribution in [0.5, 0.6) is 11.5 Å². The molecular weight excluding hydrogens is 232 g/mol. The zero-order valence-electron chi connectivity index (χ0n) is 10.5. The Hall–Kier alpha value is -1.26. The number of hydrogen-bond donors (Lipinski definition) is 1. The Balaban J connectivity index is 1.96. The van der Waals surface area contributed by atoms with Crippen molar-refractivity contribution in [1.29, 1.82) is 0 Å². The third kappa shape index (κ3) is 1.85. The Kier molecular flexibility index (Phi) is 2.92. The molecule has 1 aromatic carbocycles. The fourth-order valence-electron chi connectivity index (χ4n) is 2.54. The van der Waals surface area contributed by atoms with Gasteiger partial charge in [-0.3, -0.25) is 0 Å². The summed E-state index contributed by atoms with van der Waals surface area (Å²) in [6.07, 6.45) is 1.31. The van der Waals surface area contributed by atoms with Crippen molar-refractivity contribution in [1.82, 2.24) is 0 Å². The van der Waals surface area contributed by atoms with Crippen LogP contribution in [0, 0.1) is 0 Å². The Labute approximate surface area is 106 Å². The third-order valence-electron chi connectivity index (χ3n) is 3.77. The van der Waals surface area contributed by atoms with Gasteiger partial charge in [-0.1, -0.05) is 6.07 Å². The summed E-state index contributed by atoms with van der Waals surface area (Å²) < 4.78 is 16.7. The first-order valence-corrected chi connectivity index (χ1v) is 6.44. The summed E-state index contributed by atoms with van der Waals surface area (Å²) in [6.45, 7) is 3.82. The molecule has 3 rings (SSSR count). The van der Waals surface area contributed by atoms with Crippen LogP contribution in [0.1, 0.15) is 25.3 Å². The number of fused-ring (bicyclic) bond motifs is 1. The Bertz CT molecular complexity index is 445. The van der Waals surface area contributed by atoms with E-state index in [1.807, 2.05) is 25.1 Å². The highest BCUT2D eigenvalue weighted by Gasteiger charge is 2.41. The number of aliphatic hydroxyl groups is 1. The number of hydrogen-bond acceptors (Lipinski definition) is 4. The minimum Gasteiger partial charge on any atom is -0.490 e. The maximum Gasteiger partial charge on any atom is 0.161 e. The predicted octanol–water partition coefficient (Wildman–Crippen LogP) is 1.84. The Morgan fingerprint density at radius 2 is 1.94 bits per heavy atom. The lowest BCUT2D eigenvalue weighted by atomic mass is 9.88. The summed E-state index contributed by atoms with van der Waals surface area (Å²) in [5.41, 5.74) is -0.0678. The number of ether oxygens (including phenoxy) is 3. The second kappa shape index (κ2) is 4.44. The van der Waals surface area contributed by atoms with E-state index >= 15 is 0 Å². The normalized spacial score (nSPS) is 31.1. The number of benzene rings is 1. The van der Waals surface area contributed by atoms with Crippen molar-refractivity contribution < 1.29 is 19.3 Å². The van der Waals surface area contributed by atoms with Crippen molar-refractivity contribution in [2.75, 3.05) is 19.8 Å². The van der Waals surface area contributed by atoms with Gasteiger partial charge in [-0.2, -0.15) is 0 Å². The van der Waals surface area contributed by atoms with Crippen molar-refractivity contribution in [2.45, 2.75) is 31.5 Å².